The molecule has 4 N–H and O–H groups in total. The van der Waals surface area contributed by atoms with Crippen LogP contribution in [0.3, 0.4) is 0 Å². The number of carbonyl (C=O) groups is 1. The third-order valence-corrected chi connectivity index (χ3v) is 4.61. The van der Waals surface area contributed by atoms with Gasteiger partial charge in [-0.3, -0.25) is 0 Å². The summed E-state index contributed by atoms with van der Waals surface area (Å²) in [6.07, 6.45) is 2.47. The van der Waals surface area contributed by atoms with Crippen LogP contribution < -0.4 is 15.4 Å². The maximum atomic E-state index is 12.2. The van der Waals surface area contributed by atoms with E-state index in [-0.39, 0.29) is 18.7 Å². The Bertz CT molecular complexity index is 920. The highest BCUT2D eigenvalue weighted by atomic mass is 16.5. The average Bonchev–Trinajstić information content (AvgIpc) is 3.09. The van der Waals surface area contributed by atoms with Gasteiger partial charge in [0.2, 0.25) is 0 Å². The monoisotopic (exact) mass is 367 g/mol. The van der Waals surface area contributed by atoms with Gasteiger partial charge in [-0.05, 0) is 42.2 Å². The number of nitrogens with one attached hydrogen (secondary N) is 3. The molecule has 0 spiro atoms. The van der Waals surface area contributed by atoms with Crippen LogP contribution in [0.1, 0.15) is 16.7 Å². The number of methoxy groups -OCH3 is 1. The number of rotatable bonds is 7. The maximum Gasteiger partial charge on any atom is 0.315 e. The van der Waals surface area contributed by atoms with E-state index in [0.29, 0.717) is 13.0 Å². The molecule has 0 fully saturated rings. The van der Waals surface area contributed by atoms with E-state index < -0.39 is 0 Å². The van der Waals surface area contributed by atoms with Crippen molar-refractivity contribution >= 4 is 16.9 Å². The Kier molecular flexibility index (Phi) is 5.98. The molecule has 0 aliphatic carbocycles. The number of aryl methyl sites for hydroxylation is 1. The van der Waals surface area contributed by atoms with Crippen molar-refractivity contribution in [2.45, 2.75) is 25.9 Å². The number of aliphatic hydroxyl groups excluding tert-OH is 1. The van der Waals surface area contributed by atoms with Gasteiger partial charge in [0.05, 0.1) is 19.8 Å². The van der Waals surface area contributed by atoms with Crippen LogP contribution in [0.4, 0.5) is 4.79 Å². The number of fused-ring (bicyclic) bond motifs is 1. The molecule has 0 saturated carbocycles. The van der Waals surface area contributed by atoms with E-state index in [1.165, 1.54) is 0 Å². The summed E-state index contributed by atoms with van der Waals surface area (Å²) in [5.74, 6) is 0.822. The Hall–Kier alpha value is -2.99. The molecule has 0 aliphatic heterocycles. The van der Waals surface area contributed by atoms with Gasteiger partial charge in [-0.2, -0.15) is 0 Å². The predicted octanol–water partition coefficient (Wildman–Crippen LogP) is 2.89. The average molecular weight is 367 g/mol. The maximum absolute atomic E-state index is 12.2. The summed E-state index contributed by atoms with van der Waals surface area (Å²) in [7, 11) is 1.64. The Labute approximate surface area is 158 Å². The Morgan fingerprint density at radius 1 is 1.26 bits per heavy atom. The number of amides is 2. The molecular weight excluding hydrogens is 342 g/mol. The highest BCUT2D eigenvalue weighted by Crippen LogP contribution is 2.19. The number of H-pyrrole nitrogens is 1. The fourth-order valence-electron chi connectivity index (χ4n) is 3.20. The minimum atomic E-state index is -0.359. The topological polar surface area (TPSA) is 86.4 Å². The summed E-state index contributed by atoms with van der Waals surface area (Å²) >= 11 is 0. The first-order valence-corrected chi connectivity index (χ1v) is 8.94. The van der Waals surface area contributed by atoms with E-state index in [2.05, 4.69) is 15.6 Å². The number of aromatic amines is 1. The first-order chi connectivity index (χ1) is 13.1. The summed E-state index contributed by atoms with van der Waals surface area (Å²) in [5.41, 5.74) is 4.12. The lowest BCUT2D eigenvalue weighted by Gasteiger charge is -2.17. The zero-order valence-corrected chi connectivity index (χ0v) is 15.6. The largest absolute Gasteiger partial charge is 0.496 e. The predicted molar refractivity (Wildman–Crippen MR) is 106 cm³/mol. The molecule has 3 aromatic rings. The highest BCUT2D eigenvalue weighted by molar-refractivity contribution is 5.83. The number of para-hydroxylation sites is 1. The minimum absolute atomic E-state index is 0.130. The number of carbonyl (C=O) groups excluding carboxylic acids is 1. The number of hydrogen-bond donors (Lipinski definition) is 4. The number of aliphatic hydroxyl groups is 1. The van der Waals surface area contributed by atoms with E-state index in [0.717, 1.165) is 33.3 Å². The number of ether oxygens (including phenoxy) is 1. The van der Waals surface area contributed by atoms with Crippen molar-refractivity contribution in [2.75, 3.05) is 13.7 Å². The molecule has 27 heavy (non-hydrogen) atoms. The Balaban J connectivity index is 1.56. The van der Waals surface area contributed by atoms with Gasteiger partial charge < -0.3 is 25.5 Å². The first-order valence-electron chi connectivity index (χ1n) is 8.94. The van der Waals surface area contributed by atoms with Crippen LogP contribution in [0.5, 0.6) is 5.75 Å². The minimum Gasteiger partial charge on any atom is -0.496 e. The molecule has 0 aliphatic rings. The van der Waals surface area contributed by atoms with Crippen LogP contribution in [0, 0.1) is 6.92 Å². The van der Waals surface area contributed by atoms with Gasteiger partial charge in [0, 0.05) is 23.6 Å². The molecule has 0 radical (unpaired) electrons. The van der Waals surface area contributed by atoms with Crippen molar-refractivity contribution in [3.05, 3.63) is 65.4 Å². The highest BCUT2D eigenvalue weighted by Gasteiger charge is 2.14. The van der Waals surface area contributed by atoms with Crippen LogP contribution in [-0.4, -0.2) is 35.9 Å². The number of benzene rings is 2. The van der Waals surface area contributed by atoms with Crippen LogP contribution in [0.25, 0.3) is 10.9 Å². The van der Waals surface area contributed by atoms with Gasteiger partial charge in [0.1, 0.15) is 5.75 Å². The van der Waals surface area contributed by atoms with Crippen LogP contribution >= 0.6 is 0 Å². The number of urea groups is 1. The fraction of sp³-hybridized carbons (Fsp3) is 0.286. The molecular formula is C21H25N3O3. The number of hydrogen-bond acceptors (Lipinski definition) is 3. The standard InChI is InChI=1S/C21H25N3O3/c1-14-9-15(7-8-20(14)27-2)11-23-21(26)24-17(13-25)10-16-12-22-19-6-4-3-5-18(16)19/h3-9,12,17,22,25H,10-11,13H2,1-2H3,(H2,23,24,26). The summed E-state index contributed by atoms with van der Waals surface area (Å²) in [6, 6.07) is 13.1. The van der Waals surface area contributed by atoms with E-state index >= 15 is 0 Å². The molecule has 1 heterocycles. The van der Waals surface area contributed by atoms with Crippen molar-refractivity contribution in [1.82, 2.24) is 15.6 Å². The molecule has 1 atom stereocenters. The third kappa shape index (κ3) is 4.60. The summed E-state index contributed by atoms with van der Waals surface area (Å²) in [6.45, 7) is 2.24. The van der Waals surface area contributed by atoms with Crippen LogP contribution in [0.2, 0.25) is 0 Å². The van der Waals surface area contributed by atoms with E-state index in [4.69, 9.17) is 4.74 Å². The smallest absolute Gasteiger partial charge is 0.315 e. The molecule has 1 unspecified atom stereocenters. The summed E-state index contributed by atoms with van der Waals surface area (Å²) < 4.78 is 5.24. The molecule has 1 aromatic heterocycles. The molecule has 6 nitrogen and oxygen atoms in total. The van der Waals surface area contributed by atoms with Gasteiger partial charge in [0.15, 0.2) is 0 Å². The Morgan fingerprint density at radius 2 is 2.07 bits per heavy atom. The van der Waals surface area contributed by atoms with Gasteiger partial charge in [-0.25, -0.2) is 4.79 Å². The quantitative estimate of drug-likeness (QED) is 0.518. The normalized spacial score (nSPS) is 12.0. The second kappa shape index (κ2) is 8.60. The molecule has 0 bridgehead atoms. The zero-order valence-electron chi connectivity index (χ0n) is 15.6. The second-order valence-electron chi connectivity index (χ2n) is 6.57. The molecule has 142 valence electrons. The lowest BCUT2D eigenvalue weighted by atomic mass is 10.1. The second-order valence-corrected chi connectivity index (χ2v) is 6.57. The molecule has 6 heteroatoms. The van der Waals surface area contributed by atoms with E-state index in [9.17, 15) is 9.90 Å². The lowest BCUT2D eigenvalue weighted by Crippen LogP contribution is -2.44. The SMILES string of the molecule is COc1ccc(CNC(=O)NC(CO)Cc2c[nH]c3ccccc23)cc1C. The first kappa shape index (κ1) is 18.8. The molecule has 0 saturated heterocycles. The van der Waals surface area contributed by atoms with Crippen LogP contribution in [0.15, 0.2) is 48.7 Å². The van der Waals surface area contributed by atoms with E-state index in [1.54, 1.807) is 7.11 Å². The third-order valence-electron chi connectivity index (χ3n) is 4.61. The molecule has 2 aromatic carbocycles. The van der Waals surface area contributed by atoms with Crippen molar-refractivity contribution in [3.8, 4) is 5.75 Å². The molecule has 2 amide bonds. The van der Waals surface area contributed by atoms with E-state index in [1.807, 2.05) is 55.6 Å². The zero-order chi connectivity index (χ0) is 19.2. The molecule has 3 rings (SSSR count). The van der Waals surface area contributed by atoms with Crippen molar-refractivity contribution < 1.29 is 14.6 Å². The van der Waals surface area contributed by atoms with Gasteiger partial charge in [-0.1, -0.05) is 30.3 Å². The van der Waals surface area contributed by atoms with Crippen molar-refractivity contribution in [1.29, 1.82) is 0 Å². The van der Waals surface area contributed by atoms with Gasteiger partial charge in [-0.15, -0.1) is 0 Å². The lowest BCUT2D eigenvalue weighted by molar-refractivity contribution is 0.215. The summed E-state index contributed by atoms with van der Waals surface area (Å²) in [4.78, 5) is 15.4. The van der Waals surface area contributed by atoms with Crippen molar-refractivity contribution in [3.63, 3.8) is 0 Å². The Morgan fingerprint density at radius 3 is 2.81 bits per heavy atom. The van der Waals surface area contributed by atoms with Crippen molar-refractivity contribution in [2.24, 2.45) is 0 Å². The summed E-state index contributed by atoms with van der Waals surface area (Å²) in [5, 5.41) is 16.4. The fourth-order valence-corrected chi connectivity index (χ4v) is 3.20. The number of aromatic nitrogens is 1. The van der Waals surface area contributed by atoms with Crippen LogP contribution in [-0.2, 0) is 13.0 Å². The van der Waals surface area contributed by atoms with Gasteiger partial charge in [0.25, 0.3) is 0 Å². The van der Waals surface area contributed by atoms with Gasteiger partial charge >= 0.3 is 6.03 Å².